The number of thiocarbonyl (C=S) groups is 1. The second-order valence-corrected chi connectivity index (χ2v) is 8.70. The van der Waals surface area contributed by atoms with Crippen LogP contribution in [0.2, 0.25) is 0 Å². The first kappa shape index (κ1) is 19.4. The van der Waals surface area contributed by atoms with Crippen LogP contribution in [0.5, 0.6) is 0 Å². The Morgan fingerprint density at radius 3 is 2.12 bits per heavy atom. The summed E-state index contributed by atoms with van der Waals surface area (Å²) in [5, 5.41) is 7.06. The number of rotatable bonds is 5. The second-order valence-electron chi connectivity index (χ2n) is 6.28. The average Bonchev–Trinajstić information content (AvgIpc) is 2.51. The third-order valence-electron chi connectivity index (χ3n) is 3.90. The number of benzene rings is 2. The fourth-order valence-electron chi connectivity index (χ4n) is 2.74. The Labute approximate surface area is 155 Å². The maximum absolute atomic E-state index is 11.6. The van der Waals surface area contributed by atoms with Gasteiger partial charge in [0.1, 0.15) is 0 Å². The van der Waals surface area contributed by atoms with Crippen LogP contribution in [-0.4, -0.2) is 19.8 Å². The van der Waals surface area contributed by atoms with E-state index < -0.39 is 9.84 Å². The van der Waals surface area contributed by atoms with E-state index in [2.05, 4.69) is 23.6 Å². The molecule has 1 atom stereocenters. The van der Waals surface area contributed by atoms with Gasteiger partial charge in [0.05, 0.1) is 10.9 Å². The highest BCUT2D eigenvalue weighted by atomic mass is 32.2. The van der Waals surface area contributed by atoms with Crippen LogP contribution >= 0.6 is 12.2 Å². The molecule has 6 heteroatoms. The van der Waals surface area contributed by atoms with E-state index in [0.29, 0.717) is 10.0 Å². The third kappa shape index (κ3) is 5.54. The summed E-state index contributed by atoms with van der Waals surface area (Å²) >= 11 is 5.43. The van der Waals surface area contributed by atoms with Crippen molar-refractivity contribution in [3.8, 4) is 0 Å². The minimum Gasteiger partial charge on any atom is -0.356 e. The summed E-state index contributed by atoms with van der Waals surface area (Å²) in [4.78, 5) is 0.321. The van der Waals surface area contributed by atoms with Gasteiger partial charge in [0.25, 0.3) is 0 Å². The van der Waals surface area contributed by atoms with Gasteiger partial charge in [-0.3, -0.25) is 0 Å². The van der Waals surface area contributed by atoms with Crippen molar-refractivity contribution < 1.29 is 8.42 Å². The van der Waals surface area contributed by atoms with Gasteiger partial charge in [0.2, 0.25) is 0 Å². The van der Waals surface area contributed by atoms with Gasteiger partial charge in [0, 0.05) is 11.9 Å². The summed E-state index contributed by atoms with van der Waals surface area (Å²) in [6, 6.07) is 13.1. The zero-order chi connectivity index (χ0) is 18.6. The van der Waals surface area contributed by atoms with E-state index in [-0.39, 0.29) is 6.04 Å². The standard InChI is InChI=1S/C19H24N2O2S2/c1-5-18(15-6-8-17(9-7-15)25(4,22)23)21-19(24)20-16-11-13(2)10-14(3)12-16/h6-12,18H,5H2,1-4H3,(H2,20,21,24)/t18-/m0/s1. The largest absolute Gasteiger partial charge is 0.356 e. The third-order valence-corrected chi connectivity index (χ3v) is 5.25. The van der Waals surface area contributed by atoms with Crippen molar-refractivity contribution in [3.05, 3.63) is 59.2 Å². The molecule has 0 saturated carbocycles. The average molecular weight is 377 g/mol. The van der Waals surface area contributed by atoms with Gasteiger partial charge in [-0.05, 0) is 73.4 Å². The van der Waals surface area contributed by atoms with Crippen molar-refractivity contribution in [1.29, 1.82) is 0 Å². The lowest BCUT2D eigenvalue weighted by Crippen LogP contribution is -2.32. The molecule has 4 nitrogen and oxygen atoms in total. The molecule has 2 aromatic rings. The van der Waals surface area contributed by atoms with Crippen LogP contribution in [0.1, 0.15) is 36.1 Å². The number of aryl methyl sites for hydroxylation is 2. The van der Waals surface area contributed by atoms with Crippen LogP contribution in [-0.2, 0) is 9.84 Å². The molecule has 0 radical (unpaired) electrons. The normalized spacial score (nSPS) is 12.5. The van der Waals surface area contributed by atoms with Crippen molar-refractivity contribution in [2.24, 2.45) is 0 Å². The Bertz CT molecular complexity index is 839. The first-order chi connectivity index (χ1) is 11.7. The predicted molar refractivity (Wildman–Crippen MR) is 108 cm³/mol. The molecule has 0 fully saturated rings. The maximum Gasteiger partial charge on any atom is 0.175 e. The van der Waals surface area contributed by atoms with Crippen LogP contribution in [0.4, 0.5) is 5.69 Å². The highest BCUT2D eigenvalue weighted by Crippen LogP contribution is 2.20. The molecule has 134 valence electrons. The van der Waals surface area contributed by atoms with Gasteiger partial charge < -0.3 is 10.6 Å². The maximum atomic E-state index is 11.6. The first-order valence-electron chi connectivity index (χ1n) is 8.15. The minimum absolute atomic E-state index is 0.0134. The second kappa shape index (κ2) is 7.97. The zero-order valence-corrected chi connectivity index (χ0v) is 16.6. The Kier molecular flexibility index (Phi) is 6.19. The van der Waals surface area contributed by atoms with Crippen molar-refractivity contribution in [3.63, 3.8) is 0 Å². The molecule has 0 aliphatic heterocycles. The summed E-state index contributed by atoms with van der Waals surface area (Å²) in [6.07, 6.45) is 2.04. The SMILES string of the molecule is CC[C@H](NC(=S)Nc1cc(C)cc(C)c1)c1ccc(S(C)(=O)=O)cc1. The Morgan fingerprint density at radius 1 is 1.08 bits per heavy atom. The van der Waals surface area contributed by atoms with Gasteiger partial charge in [-0.25, -0.2) is 8.42 Å². The monoisotopic (exact) mass is 376 g/mol. The summed E-state index contributed by atoms with van der Waals surface area (Å²) in [7, 11) is -3.18. The summed E-state index contributed by atoms with van der Waals surface area (Å²) < 4.78 is 23.1. The lowest BCUT2D eigenvalue weighted by Gasteiger charge is -2.20. The molecule has 0 unspecified atom stereocenters. The highest BCUT2D eigenvalue weighted by molar-refractivity contribution is 7.90. The lowest BCUT2D eigenvalue weighted by atomic mass is 10.1. The molecule has 0 amide bonds. The van der Waals surface area contributed by atoms with Gasteiger partial charge in [-0.15, -0.1) is 0 Å². The molecular weight excluding hydrogens is 352 g/mol. The fraction of sp³-hybridized carbons (Fsp3) is 0.316. The summed E-state index contributed by atoms with van der Waals surface area (Å²) in [6.45, 7) is 6.15. The molecule has 0 bridgehead atoms. The van der Waals surface area contributed by atoms with Gasteiger partial charge in [-0.2, -0.15) is 0 Å². The highest BCUT2D eigenvalue weighted by Gasteiger charge is 2.13. The number of nitrogens with one attached hydrogen (secondary N) is 2. The van der Waals surface area contributed by atoms with Crippen LogP contribution in [0, 0.1) is 13.8 Å². The molecule has 0 aromatic heterocycles. The number of anilines is 1. The molecule has 2 rings (SSSR count). The van der Waals surface area contributed by atoms with E-state index in [0.717, 1.165) is 17.7 Å². The van der Waals surface area contributed by atoms with Crippen LogP contribution in [0.25, 0.3) is 0 Å². The van der Waals surface area contributed by atoms with E-state index in [4.69, 9.17) is 12.2 Å². The Morgan fingerprint density at radius 2 is 1.64 bits per heavy atom. The summed E-state index contributed by atoms with van der Waals surface area (Å²) in [5.41, 5.74) is 4.30. The minimum atomic E-state index is -3.18. The lowest BCUT2D eigenvalue weighted by molar-refractivity contribution is 0.601. The quantitative estimate of drug-likeness (QED) is 0.768. The summed E-state index contributed by atoms with van der Waals surface area (Å²) in [5.74, 6) is 0. The first-order valence-corrected chi connectivity index (χ1v) is 10.4. The van der Waals surface area contributed by atoms with Crippen molar-refractivity contribution in [2.45, 2.75) is 38.1 Å². The smallest absolute Gasteiger partial charge is 0.175 e. The van der Waals surface area contributed by atoms with Gasteiger partial charge in [0.15, 0.2) is 14.9 Å². The number of sulfone groups is 1. The molecule has 2 aromatic carbocycles. The van der Waals surface area contributed by atoms with Crippen molar-refractivity contribution in [1.82, 2.24) is 5.32 Å². The van der Waals surface area contributed by atoms with E-state index >= 15 is 0 Å². The number of hydrogen-bond acceptors (Lipinski definition) is 3. The van der Waals surface area contributed by atoms with E-state index in [1.165, 1.54) is 17.4 Å². The van der Waals surface area contributed by atoms with E-state index in [1.54, 1.807) is 12.1 Å². The predicted octanol–water partition coefficient (Wildman–Crippen LogP) is 4.14. The van der Waals surface area contributed by atoms with E-state index in [9.17, 15) is 8.42 Å². The van der Waals surface area contributed by atoms with Crippen molar-refractivity contribution in [2.75, 3.05) is 11.6 Å². The molecule has 0 spiro atoms. The molecule has 2 N–H and O–H groups in total. The van der Waals surface area contributed by atoms with Crippen LogP contribution in [0.15, 0.2) is 47.4 Å². The molecule has 0 aliphatic rings. The zero-order valence-electron chi connectivity index (χ0n) is 15.0. The Balaban J connectivity index is 2.09. The topological polar surface area (TPSA) is 58.2 Å². The van der Waals surface area contributed by atoms with Gasteiger partial charge in [-0.1, -0.05) is 25.1 Å². The van der Waals surface area contributed by atoms with Crippen LogP contribution in [0.3, 0.4) is 0 Å². The van der Waals surface area contributed by atoms with E-state index in [1.807, 2.05) is 38.1 Å². The fourth-order valence-corrected chi connectivity index (χ4v) is 3.63. The molecular formula is C19H24N2O2S2. The molecule has 0 aliphatic carbocycles. The Hall–Kier alpha value is -1.92. The van der Waals surface area contributed by atoms with Crippen molar-refractivity contribution >= 4 is 32.9 Å². The van der Waals surface area contributed by atoms with Gasteiger partial charge >= 0.3 is 0 Å². The van der Waals surface area contributed by atoms with Crippen LogP contribution < -0.4 is 10.6 Å². The molecule has 0 saturated heterocycles. The number of hydrogen-bond donors (Lipinski definition) is 2. The molecule has 0 heterocycles. The molecule has 25 heavy (non-hydrogen) atoms.